The van der Waals surface area contributed by atoms with E-state index >= 15 is 0 Å². The molecule has 0 N–H and O–H groups in total. The molecule has 0 spiro atoms. The zero-order chi connectivity index (χ0) is 16.3. The van der Waals surface area contributed by atoms with Crippen LogP contribution in [-0.2, 0) is 12.0 Å². The molecule has 1 atom stereocenters. The van der Waals surface area contributed by atoms with Crippen molar-refractivity contribution in [3.05, 3.63) is 12.2 Å². The normalized spacial score (nSPS) is 13.8. The van der Waals surface area contributed by atoms with Crippen LogP contribution in [0.5, 0.6) is 0 Å². The van der Waals surface area contributed by atoms with Crippen LogP contribution in [0.1, 0.15) is 33.0 Å². The predicted octanol–water partition coefficient (Wildman–Crippen LogP) is 2.81. The van der Waals surface area contributed by atoms with Crippen molar-refractivity contribution >= 4 is 0 Å². The Balaban J connectivity index is 2.94. The Morgan fingerprint density at radius 3 is 2.19 bits per heavy atom. The molecule has 8 heteroatoms. The summed E-state index contributed by atoms with van der Waals surface area (Å²) in [7, 11) is 0. The number of hydrogen-bond acceptors (Lipinski definition) is 4. The Morgan fingerprint density at radius 2 is 1.81 bits per heavy atom. The Bertz CT molecular complexity index is 542. The van der Waals surface area contributed by atoms with Gasteiger partial charge in [-0.2, -0.15) is 28.8 Å². The van der Waals surface area contributed by atoms with Gasteiger partial charge in [0, 0.05) is 17.9 Å². The number of hydrogen-bond donors (Lipinski definition) is 0. The van der Waals surface area contributed by atoms with Crippen LogP contribution in [0.2, 0.25) is 0 Å². The van der Waals surface area contributed by atoms with E-state index in [0.29, 0.717) is 5.82 Å². The molecule has 1 aromatic heterocycles. The van der Waals surface area contributed by atoms with Crippen molar-refractivity contribution in [1.29, 1.82) is 10.5 Å². The molecular formula is C13H16F3N5. The molecule has 0 aliphatic heterocycles. The molecule has 1 aromatic rings. The lowest BCUT2D eigenvalue weighted by atomic mass is 9.91. The van der Waals surface area contributed by atoms with Gasteiger partial charge in [0.2, 0.25) is 0 Å². The van der Waals surface area contributed by atoms with Gasteiger partial charge in [0.25, 0.3) is 0 Å². The molecule has 0 amide bonds. The smallest absolute Gasteiger partial charge is 0.252 e. The predicted molar refractivity (Wildman–Crippen MR) is 67.6 cm³/mol. The summed E-state index contributed by atoms with van der Waals surface area (Å²) in [4.78, 5) is 4.05. The van der Waals surface area contributed by atoms with Crippen LogP contribution in [-0.4, -0.2) is 20.9 Å². The third kappa shape index (κ3) is 5.07. The Labute approximate surface area is 121 Å². The van der Waals surface area contributed by atoms with Crippen molar-refractivity contribution < 1.29 is 13.2 Å². The molecule has 0 aliphatic carbocycles. The number of alkyl halides is 3. The molecule has 0 saturated carbocycles. The third-order valence-corrected chi connectivity index (χ3v) is 2.87. The van der Waals surface area contributed by atoms with E-state index in [-0.39, 0.29) is 12.0 Å². The summed E-state index contributed by atoms with van der Waals surface area (Å²) in [5.41, 5.74) is -0.325. The van der Waals surface area contributed by atoms with Gasteiger partial charge in [-0.1, -0.05) is 20.8 Å². The maximum Gasteiger partial charge on any atom is 0.389 e. The van der Waals surface area contributed by atoms with Crippen molar-refractivity contribution in [2.24, 2.45) is 11.8 Å². The Kier molecular flexibility index (Phi) is 4.95. The molecule has 0 aliphatic rings. The largest absolute Gasteiger partial charge is 0.389 e. The molecule has 1 unspecified atom stereocenters. The van der Waals surface area contributed by atoms with Crippen LogP contribution in [0.3, 0.4) is 0 Å². The fourth-order valence-corrected chi connectivity index (χ4v) is 1.79. The molecule has 0 bridgehead atoms. The van der Waals surface area contributed by atoms with Gasteiger partial charge in [0.1, 0.15) is 12.2 Å². The average Bonchev–Trinajstić information content (AvgIpc) is 2.76. The molecule has 1 heterocycles. The van der Waals surface area contributed by atoms with E-state index in [1.807, 2.05) is 20.8 Å². The quantitative estimate of drug-likeness (QED) is 0.856. The van der Waals surface area contributed by atoms with E-state index in [0.717, 1.165) is 0 Å². The van der Waals surface area contributed by atoms with Crippen molar-refractivity contribution in [3.63, 3.8) is 0 Å². The minimum atomic E-state index is -4.44. The summed E-state index contributed by atoms with van der Waals surface area (Å²) in [6.45, 7) is 5.47. The first-order chi connectivity index (χ1) is 9.56. The second-order valence-electron chi connectivity index (χ2n) is 5.86. The van der Waals surface area contributed by atoms with E-state index < -0.39 is 24.4 Å². The summed E-state index contributed by atoms with van der Waals surface area (Å²) in [5.74, 6) is -2.01. The van der Waals surface area contributed by atoms with E-state index in [4.69, 9.17) is 10.5 Å². The van der Waals surface area contributed by atoms with Crippen LogP contribution >= 0.6 is 0 Å². The topological polar surface area (TPSA) is 78.3 Å². The summed E-state index contributed by atoms with van der Waals surface area (Å²) in [5, 5.41) is 21.8. The number of aromatic nitrogens is 3. The number of nitriles is 2. The lowest BCUT2D eigenvalue weighted by molar-refractivity contribution is -0.147. The third-order valence-electron chi connectivity index (χ3n) is 2.87. The summed E-state index contributed by atoms with van der Waals surface area (Å²) >= 11 is 0. The fraction of sp³-hybridized carbons (Fsp3) is 0.692. The Morgan fingerprint density at radius 1 is 1.24 bits per heavy atom. The van der Waals surface area contributed by atoms with Crippen LogP contribution in [0.25, 0.3) is 0 Å². The Hall–Kier alpha value is -2.09. The first-order valence-electron chi connectivity index (χ1n) is 6.32. The van der Waals surface area contributed by atoms with Crippen molar-refractivity contribution in [2.75, 3.05) is 0 Å². The second-order valence-corrected chi connectivity index (χ2v) is 5.86. The highest BCUT2D eigenvalue weighted by Crippen LogP contribution is 2.30. The van der Waals surface area contributed by atoms with Crippen LogP contribution in [0.15, 0.2) is 6.33 Å². The van der Waals surface area contributed by atoms with Gasteiger partial charge in [0.05, 0.1) is 18.6 Å². The molecule has 21 heavy (non-hydrogen) atoms. The summed E-state index contributed by atoms with van der Waals surface area (Å²) in [6, 6.07) is 3.22. The molecule has 0 aromatic carbocycles. The minimum Gasteiger partial charge on any atom is -0.252 e. The van der Waals surface area contributed by atoms with Crippen LogP contribution in [0.4, 0.5) is 13.2 Å². The number of nitrogens with zero attached hydrogens (tertiary/aromatic N) is 5. The average molecular weight is 299 g/mol. The van der Waals surface area contributed by atoms with Gasteiger partial charge in [-0.25, -0.2) is 4.98 Å². The highest BCUT2D eigenvalue weighted by molar-refractivity contribution is 5.03. The minimum absolute atomic E-state index is 0.172. The van der Waals surface area contributed by atoms with E-state index in [2.05, 4.69) is 10.1 Å². The highest BCUT2D eigenvalue weighted by atomic mass is 19.4. The lowest BCUT2D eigenvalue weighted by Crippen LogP contribution is -2.25. The van der Waals surface area contributed by atoms with Gasteiger partial charge >= 0.3 is 6.18 Å². The highest BCUT2D eigenvalue weighted by Gasteiger charge is 2.36. The molecule has 1 rings (SSSR count). The standard InChI is InChI=1S/C13H16F3N5/c1-12(2,3)11-19-8-21(20-11)7-9(4-13(14,15)16)10(5-17)6-18/h8-10H,4,7H2,1-3H3. The van der Waals surface area contributed by atoms with E-state index in [9.17, 15) is 13.2 Å². The molecular weight excluding hydrogens is 283 g/mol. The van der Waals surface area contributed by atoms with Crippen LogP contribution < -0.4 is 0 Å². The zero-order valence-corrected chi connectivity index (χ0v) is 12.0. The summed E-state index contributed by atoms with van der Waals surface area (Å²) < 4.78 is 39.0. The van der Waals surface area contributed by atoms with Crippen LogP contribution in [0, 0.1) is 34.5 Å². The molecule has 0 fully saturated rings. The first-order valence-corrected chi connectivity index (χ1v) is 6.32. The van der Waals surface area contributed by atoms with Gasteiger partial charge in [-0.3, -0.25) is 4.68 Å². The van der Waals surface area contributed by atoms with Gasteiger partial charge in [-0.15, -0.1) is 0 Å². The number of rotatable bonds is 4. The van der Waals surface area contributed by atoms with Gasteiger partial charge in [0.15, 0.2) is 5.82 Å². The number of halogens is 3. The van der Waals surface area contributed by atoms with Gasteiger partial charge in [-0.05, 0) is 0 Å². The summed E-state index contributed by atoms with van der Waals surface area (Å²) in [6.07, 6.45) is -4.32. The van der Waals surface area contributed by atoms with Crippen molar-refractivity contribution in [3.8, 4) is 12.1 Å². The van der Waals surface area contributed by atoms with Crippen molar-refractivity contribution in [1.82, 2.24) is 14.8 Å². The first kappa shape index (κ1) is 17.0. The SMILES string of the molecule is CC(C)(C)c1ncn(CC(CC(F)(F)F)C(C#N)C#N)n1. The fourth-order valence-electron chi connectivity index (χ4n) is 1.79. The second kappa shape index (κ2) is 6.13. The molecule has 5 nitrogen and oxygen atoms in total. The van der Waals surface area contributed by atoms with Crippen molar-refractivity contribution in [2.45, 2.75) is 45.3 Å². The van der Waals surface area contributed by atoms with E-state index in [1.165, 1.54) is 11.0 Å². The van der Waals surface area contributed by atoms with E-state index in [1.54, 1.807) is 12.1 Å². The lowest BCUT2D eigenvalue weighted by Gasteiger charge is -2.19. The molecule has 114 valence electrons. The molecule has 0 saturated heterocycles. The molecule has 0 radical (unpaired) electrons. The monoisotopic (exact) mass is 299 g/mol. The zero-order valence-electron chi connectivity index (χ0n) is 12.0. The van der Waals surface area contributed by atoms with Gasteiger partial charge < -0.3 is 0 Å². The maximum absolute atomic E-state index is 12.6. The maximum atomic E-state index is 12.6.